The van der Waals surface area contributed by atoms with Crippen molar-refractivity contribution in [1.29, 1.82) is 0 Å². The van der Waals surface area contributed by atoms with E-state index in [9.17, 15) is 0 Å². The van der Waals surface area contributed by atoms with E-state index >= 15 is 0 Å². The van der Waals surface area contributed by atoms with Gasteiger partial charge in [0.1, 0.15) is 5.82 Å². The van der Waals surface area contributed by atoms with Gasteiger partial charge in [0.05, 0.1) is 0 Å². The molecule has 1 heterocycles. The predicted molar refractivity (Wildman–Crippen MR) is 72.7 cm³/mol. The van der Waals surface area contributed by atoms with Gasteiger partial charge in [-0.25, -0.2) is 4.98 Å². The second kappa shape index (κ2) is 6.01. The van der Waals surface area contributed by atoms with Crippen LogP contribution in [-0.2, 0) is 12.8 Å². The molecule has 0 bridgehead atoms. The molecule has 0 aromatic carbocycles. The van der Waals surface area contributed by atoms with Crippen molar-refractivity contribution in [3.8, 4) is 0 Å². The lowest BCUT2D eigenvalue weighted by Gasteiger charge is -2.19. The number of hydrogen-bond donors (Lipinski definition) is 1. The minimum atomic E-state index is 1.02. The van der Waals surface area contributed by atoms with Crippen LogP contribution in [-0.4, -0.2) is 31.7 Å². The minimum absolute atomic E-state index is 1.02. The summed E-state index contributed by atoms with van der Waals surface area (Å²) in [6.07, 6.45) is 4.84. The van der Waals surface area contributed by atoms with E-state index in [0.29, 0.717) is 0 Å². The third kappa shape index (κ3) is 3.19. The summed E-state index contributed by atoms with van der Waals surface area (Å²) >= 11 is 0. The van der Waals surface area contributed by atoms with Gasteiger partial charge in [0.2, 0.25) is 0 Å². The van der Waals surface area contributed by atoms with Crippen molar-refractivity contribution in [2.45, 2.75) is 32.6 Å². The zero-order valence-corrected chi connectivity index (χ0v) is 11.0. The standard InChI is InChI=1S/C14H23N3/c1-3-9-15-10-11-17(2)14-8-7-12-5-4-6-13(12)16-14/h7-8,15H,3-6,9-11H2,1-2H3. The van der Waals surface area contributed by atoms with Crippen molar-refractivity contribution in [2.24, 2.45) is 0 Å². The number of nitrogens with zero attached hydrogens (tertiary/aromatic N) is 2. The normalized spacial score (nSPS) is 13.8. The lowest BCUT2D eigenvalue weighted by atomic mass is 10.2. The Balaban J connectivity index is 1.88. The number of aryl methyl sites for hydroxylation is 2. The molecule has 0 aliphatic heterocycles. The van der Waals surface area contributed by atoms with Crippen molar-refractivity contribution in [3.05, 3.63) is 23.4 Å². The Hall–Kier alpha value is -1.09. The molecule has 17 heavy (non-hydrogen) atoms. The SMILES string of the molecule is CCCNCCN(C)c1ccc2c(n1)CCC2. The quantitative estimate of drug-likeness (QED) is 0.762. The molecule has 1 aliphatic carbocycles. The summed E-state index contributed by atoms with van der Waals surface area (Å²) in [6.45, 7) is 5.35. The van der Waals surface area contributed by atoms with Gasteiger partial charge in [0.15, 0.2) is 0 Å². The Labute approximate surface area is 104 Å². The molecule has 0 atom stereocenters. The molecular formula is C14H23N3. The molecular weight excluding hydrogens is 210 g/mol. The van der Waals surface area contributed by atoms with Crippen molar-refractivity contribution in [2.75, 3.05) is 31.6 Å². The van der Waals surface area contributed by atoms with Crippen LogP contribution in [0.4, 0.5) is 5.82 Å². The third-order valence-corrected chi connectivity index (χ3v) is 3.36. The monoisotopic (exact) mass is 233 g/mol. The lowest BCUT2D eigenvalue weighted by Crippen LogP contribution is -2.30. The second-order valence-electron chi connectivity index (χ2n) is 4.80. The second-order valence-corrected chi connectivity index (χ2v) is 4.80. The Morgan fingerprint density at radius 2 is 2.18 bits per heavy atom. The molecule has 94 valence electrons. The van der Waals surface area contributed by atoms with Gasteiger partial charge in [-0.2, -0.15) is 0 Å². The average Bonchev–Trinajstić information content (AvgIpc) is 2.81. The van der Waals surface area contributed by atoms with E-state index in [1.165, 1.54) is 30.5 Å². The van der Waals surface area contributed by atoms with E-state index in [1.54, 1.807) is 0 Å². The third-order valence-electron chi connectivity index (χ3n) is 3.36. The van der Waals surface area contributed by atoms with Crippen LogP contribution in [0.15, 0.2) is 12.1 Å². The average molecular weight is 233 g/mol. The highest BCUT2D eigenvalue weighted by molar-refractivity contribution is 5.42. The summed E-state index contributed by atoms with van der Waals surface area (Å²) in [5.74, 6) is 1.11. The van der Waals surface area contributed by atoms with Gasteiger partial charge in [-0.1, -0.05) is 13.0 Å². The molecule has 2 rings (SSSR count). The number of nitrogens with one attached hydrogen (secondary N) is 1. The maximum atomic E-state index is 4.75. The first kappa shape index (κ1) is 12.4. The Morgan fingerprint density at radius 1 is 1.29 bits per heavy atom. The zero-order valence-electron chi connectivity index (χ0n) is 11.0. The number of rotatable bonds is 6. The molecule has 0 spiro atoms. The largest absolute Gasteiger partial charge is 0.358 e. The summed E-state index contributed by atoms with van der Waals surface area (Å²) < 4.78 is 0. The fraction of sp³-hybridized carbons (Fsp3) is 0.643. The van der Waals surface area contributed by atoms with Crippen LogP contribution in [0.5, 0.6) is 0 Å². The van der Waals surface area contributed by atoms with Gasteiger partial charge < -0.3 is 10.2 Å². The molecule has 0 saturated heterocycles. The maximum Gasteiger partial charge on any atom is 0.128 e. The zero-order chi connectivity index (χ0) is 12.1. The number of fused-ring (bicyclic) bond motifs is 1. The van der Waals surface area contributed by atoms with E-state index in [2.05, 4.69) is 36.3 Å². The minimum Gasteiger partial charge on any atom is -0.358 e. The smallest absolute Gasteiger partial charge is 0.128 e. The first-order chi connectivity index (χ1) is 8.31. The molecule has 3 nitrogen and oxygen atoms in total. The predicted octanol–water partition coefficient (Wildman–Crippen LogP) is 2.01. The van der Waals surface area contributed by atoms with Crippen LogP contribution >= 0.6 is 0 Å². The van der Waals surface area contributed by atoms with Crippen molar-refractivity contribution < 1.29 is 0 Å². The number of aromatic nitrogens is 1. The van der Waals surface area contributed by atoms with Crippen LogP contribution in [0, 0.1) is 0 Å². The van der Waals surface area contributed by atoms with Crippen molar-refractivity contribution in [1.82, 2.24) is 10.3 Å². The summed E-state index contributed by atoms with van der Waals surface area (Å²) in [7, 11) is 2.12. The fourth-order valence-corrected chi connectivity index (χ4v) is 2.28. The van der Waals surface area contributed by atoms with E-state index in [1.807, 2.05) is 0 Å². The summed E-state index contributed by atoms with van der Waals surface area (Å²) in [5, 5.41) is 3.42. The molecule has 0 saturated carbocycles. The van der Waals surface area contributed by atoms with Crippen LogP contribution in [0.25, 0.3) is 0 Å². The highest BCUT2D eigenvalue weighted by Gasteiger charge is 2.13. The van der Waals surface area contributed by atoms with Crippen LogP contribution in [0.3, 0.4) is 0 Å². The van der Waals surface area contributed by atoms with Crippen molar-refractivity contribution >= 4 is 5.82 Å². The van der Waals surface area contributed by atoms with E-state index < -0.39 is 0 Å². The number of hydrogen-bond acceptors (Lipinski definition) is 3. The topological polar surface area (TPSA) is 28.2 Å². The molecule has 1 N–H and O–H groups in total. The molecule has 0 fully saturated rings. The lowest BCUT2D eigenvalue weighted by molar-refractivity contribution is 0.663. The Morgan fingerprint density at radius 3 is 3.00 bits per heavy atom. The van der Waals surface area contributed by atoms with Crippen LogP contribution in [0.2, 0.25) is 0 Å². The number of likely N-dealkylation sites (N-methyl/N-ethyl adjacent to an activating group) is 1. The van der Waals surface area contributed by atoms with E-state index in [4.69, 9.17) is 4.98 Å². The Kier molecular flexibility index (Phi) is 4.37. The fourth-order valence-electron chi connectivity index (χ4n) is 2.28. The van der Waals surface area contributed by atoms with E-state index in [0.717, 1.165) is 31.9 Å². The van der Waals surface area contributed by atoms with Crippen LogP contribution in [0.1, 0.15) is 31.0 Å². The van der Waals surface area contributed by atoms with Gasteiger partial charge in [0.25, 0.3) is 0 Å². The highest BCUT2D eigenvalue weighted by atomic mass is 15.2. The van der Waals surface area contributed by atoms with Gasteiger partial charge in [0, 0.05) is 25.8 Å². The molecule has 1 aliphatic rings. The molecule has 1 aromatic rings. The van der Waals surface area contributed by atoms with Gasteiger partial charge in [-0.3, -0.25) is 0 Å². The van der Waals surface area contributed by atoms with Gasteiger partial charge in [-0.15, -0.1) is 0 Å². The number of anilines is 1. The number of pyridine rings is 1. The van der Waals surface area contributed by atoms with Gasteiger partial charge >= 0.3 is 0 Å². The first-order valence-electron chi connectivity index (χ1n) is 6.72. The maximum absolute atomic E-state index is 4.75. The Bertz CT molecular complexity index is 362. The first-order valence-corrected chi connectivity index (χ1v) is 6.72. The van der Waals surface area contributed by atoms with Crippen LogP contribution < -0.4 is 10.2 Å². The van der Waals surface area contributed by atoms with Gasteiger partial charge in [-0.05, 0) is 43.9 Å². The molecule has 3 heteroatoms. The molecule has 0 radical (unpaired) electrons. The van der Waals surface area contributed by atoms with Crippen molar-refractivity contribution in [3.63, 3.8) is 0 Å². The summed E-state index contributed by atoms with van der Waals surface area (Å²) in [6, 6.07) is 4.41. The highest BCUT2D eigenvalue weighted by Crippen LogP contribution is 2.22. The summed E-state index contributed by atoms with van der Waals surface area (Å²) in [4.78, 5) is 6.99. The molecule has 0 amide bonds. The molecule has 0 unspecified atom stereocenters. The molecule has 1 aromatic heterocycles. The van der Waals surface area contributed by atoms with E-state index in [-0.39, 0.29) is 0 Å². The summed E-state index contributed by atoms with van der Waals surface area (Å²) in [5.41, 5.74) is 2.77.